The zero-order valence-corrected chi connectivity index (χ0v) is 17.1. The molecule has 142 valence electrons. The molecular weight excluding hydrogens is 354 g/mol. The minimum atomic E-state index is 0.0532. The van der Waals surface area contributed by atoms with Crippen molar-refractivity contribution in [3.63, 3.8) is 0 Å². The van der Waals surface area contributed by atoms with Gasteiger partial charge in [0.2, 0.25) is 5.91 Å². The highest BCUT2D eigenvalue weighted by Gasteiger charge is 2.10. The van der Waals surface area contributed by atoms with Crippen molar-refractivity contribution in [1.82, 2.24) is 15.2 Å². The van der Waals surface area contributed by atoms with Crippen molar-refractivity contribution in [2.75, 3.05) is 20.1 Å². The molecule has 4 nitrogen and oxygen atoms in total. The van der Waals surface area contributed by atoms with Gasteiger partial charge in [-0.05, 0) is 42.6 Å². The minimum absolute atomic E-state index is 0.0532. The number of likely N-dealkylation sites (N-methyl/N-ethyl adjacent to an activating group) is 1. The van der Waals surface area contributed by atoms with Crippen LogP contribution in [0.25, 0.3) is 10.2 Å². The Bertz CT molecular complexity index is 853. The Kier molecular flexibility index (Phi) is 6.58. The third-order valence-electron chi connectivity index (χ3n) is 4.54. The van der Waals surface area contributed by atoms with Crippen molar-refractivity contribution in [2.24, 2.45) is 0 Å². The number of hydrogen-bond acceptors (Lipinski definition) is 4. The third-order valence-corrected chi connectivity index (χ3v) is 5.56. The fourth-order valence-electron chi connectivity index (χ4n) is 2.99. The topological polar surface area (TPSA) is 45.2 Å². The molecule has 1 heterocycles. The van der Waals surface area contributed by atoms with Crippen molar-refractivity contribution in [3.05, 3.63) is 64.7 Å². The number of aromatic nitrogens is 1. The van der Waals surface area contributed by atoms with Crippen LogP contribution in [0.5, 0.6) is 0 Å². The molecule has 0 fully saturated rings. The van der Waals surface area contributed by atoms with Crippen LogP contribution in [-0.2, 0) is 17.8 Å². The molecule has 0 aliphatic carbocycles. The second kappa shape index (κ2) is 9.11. The van der Waals surface area contributed by atoms with Gasteiger partial charge in [-0.15, -0.1) is 11.3 Å². The molecule has 1 aromatic heterocycles. The summed E-state index contributed by atoms with van der Waals surface area (Å²) in [6, 6.07) is 16.8. The molecule has 0 saturated carbocycles. The maximum Gasteiger partial charge on any atom is 0.234 e. The third kappa shape index (κ3) is 5.62. The molecule has 3 rings (SSSR count). The van der Waals surface area contributed by atoms with Crippen LogP contribution in [0.1, 0.15) is 35.9 Å². The lowest BCUT2D eigenvalue weighted by molar-refractivity contribution is -0.122. The number of nitrogens with zero attached hydrogens (tertiary/aromatic N) is 2. The van der Waals surface area contributed by atoms with E-state index in [0.717, 1.165) is 16.9 Å². The lowest BCUT2D eigenvalue weighted by Crippen LogP contribution is -2.35. The average molecular weight is 382 g/mol. The number of hydrogen-bond donors (Lipinski definition) is 1. The predicted octanol–water partition coefficient (Wildman–Crippen LogP) is 4.21. The quantitative estimate of drug-likeness (QED) is 0.636. The smallest absolute Gasteiger partial charge is 0.234 e. The monoisotopic (exact) mass is 381 g/mol. The van der Waals surface area contributed by atoms with E-state index >= 15 is 0 Å². The Morgan fingerprint density at radius 2 is 1.89 bits per heavy atom. The van der Waals surface area contributed by atoms with Crippen LogP contribution in [0, 0.1) is 0 Å². The van der Waals surface area contributed by atoms with E-state index in [1.807, 2.05) is 30.1 Å². The highest BCUT2D eigenvalue weighted by Crippen LogP contribution is 2.22. The highest BCUT2D eigenvalue weighted by atomic mass is 32.1. The minimum Gasteiger partial charge on any atom is -0.355 e. The van der Waals surface area contributed by atoms with E-state index in [0.29, 0.717) is 25.6 Å². The van der Waals surface area contributed by atoms with Gasteiger partial charge >= 0.3 is 0 Å². The van der Waals surface area contributed by atoms with Crippen molar-refractivity contribution < 1.29 is 4.79 Å². The van der Waals surface area contributed by atoms with Gasteiger partial charge in [-0.3, -0.25) is 9.69 Å². The summed E-state index contributed by atoms with van der Waals surface area (Å²) in [7, 11) is 1.95. The Hall–Kier alpha value is -2.24. The van der Waals surface area contributed by atoms with Crippen molar-refractivity contribution in [3.8, 4) is 0 Å². The molecular formula is C22H27N3OS. The molecule has 1 N–H and O–H groups in total. The molecule has 0 aliphatic heterocycles. The van der Waals surface area contributed by atoms with E-state index in [1.54, 1.807) is 11.3 Å². The first-order valence-corrected chi connectivity index (χ1v) is 10.2. The molecule has 0 aliphatic rings. The fraction of sp³-hybridized carbons (Fsp3) is 0.364. The second-order valence-corrected chi connectivity index (χ2v) is 8.36. The van der Waals surface area contributed by atoms with Crippen LogP contribution >= 0.6 is 11.3 Å². The van der Waals surface area contributed by atoms with Crippen LogP contribution in [0.15, 0.2) is 48.5 Å². The zero-order valence-electron chi connectivity index (χ0n) is 16.2. The molecule has 2 aromatic carbocycles. The summed E-state index contributed by atoms with van der Waals surface area (Å²) in [5, 5.41) is 4.05. The summed E-state index contributed by atoms with van der Waals surface area (Å²) in [4.78, 5) is 18.8. The van der Waals surface area contributed by atoms with E-state index in [2.05, 4.69) is 54.5 Å². The summed E-state index contributed by atoms with van der Waals surface area (Å²) in [6.07, 6.45) is 0.853. The van der Waals surface area contributed by atoms with Crippen molar-refractivity contribution in [1.29, 1.82) is 0 Å². The van der Waals surface area contributed by atoms with Crippen LogP contribution in [-0.4, -0.2) is 35.9 Å². The van der Waals surface area contributed by atoms with Crippen molar-refractivity contribution >= 4 is 27.5 Å². The van der Waals surface area contributed by atoms with E-state index in [9.17, 15) is 4.79 Å². The van der Waals surface area contributed by atoms with Gasteiger partial charge in [0, 0.05) is 6.54 Å². The molecule has 1 amide bonds. The van der Waals surface area contributed by atoms with Crippen molar-refractivity contribution in [2.45, 2.75) is 32.7 Å². The van der Waals surface area contributed by atoms with Gasteiger partial charge in [-0.2, -0.15) is 0 Å². The highest BCUT2D eigenvalue weighted by molar-refractivity contribution is 7.18. The first-order valence-electron chi connectivity index (χ1n) is 9.40. The normalized spacial score (nSPS) is 11.4. The molecule has 0 bridgehead atoms. The van der Waals surface area contributed by atoms with Gasteiger partial charge in [-0.1, -0.05) is 50.2 Å². The second-order valence-electron chi connectivity index (χ2n) is 7.24. The zero-order chi connectivity index (χ0) is 19.2. The number of fused-ring (bicyclic) bond motifs is 1. The van der Waals surface area contributed by atoms with Gasteiger partial charge in [0.1, 0.15) is 5.01 Å². The van der Waals surface area contributed by atoms with E-state index in [1.165, 1.54) is 15.8 Å². The Labute approximate surface area is 165 Å². The maximum absolute atomic E-state index is 12.2. The van der Waals surface area contributed by atoms with Crippen LogP contribution in [0.3, 0.4) is 0 Å². The largest absolute Gasteiger partial charge is 0.355 e. The predicted molar refractivity (Wildman–Crippen MR) is 113 cm³/mol. The Morgan fingerprint density at radius 1 is 1.15 bits per heavy atom. The Morgan fingerprint density at radius 3 is 2.59 bits per heavy atom. The SMILES string of the molecule is CC(C)c1ccc(CCNC(=O)CN(C)Cc2nc3ccccc3s2)cc1. The van der Waals surface area contributed by atoms with E-state index in [-0.39, 0.29) is 5.91 Å². The first-order chi connectivity index (χ1) is 13.0. The lowest BCUT2D eigenvalue weighted by Gasteiger charge is -2.14. The van der Waals surface area contributed by atoms with Gasteiger partial charge in [0.25, 0.3) is 0 Å². The van der Waals surface area contributed by atoms with Gasteiger partial charge in [-0.25, -0.2) is 4.98 Å². The lowest BCUT2D eigenvalue weighted by atomic mass is 10.0. The van der Waals surface area contributed by atoms with Crippen LogP contribution < -0.4 is 5.32 Å². The molecule has 0 spiro atoms. The van der Waals surface area contributed by atoms with Crippen LogP contribution in [0.2, 0.25) is 0 Å². The fourth-order valence-corrected chi connectivity index (χ4v) is 4.04. The summed E-state index contributed by atoms with van der Waals surface area (Å²) in [5.41, 5.74) is 3.63. The standard InChI is InChI=1S/C22H27N3OS/c1-16(2)18-10-8-17(9-11-18)12-13-23-21(26)14-25(3)15-22-24-19-6-4-5-7-20(19)27-22/h4-11,16H,12-15H2,1-3H3,(H,23,26). The number of carbonyl (C=O) groups excluding carboxylic acids is 1. The number of para-hydroxylation sites is 1. The number of benzene rings is 2. The van der Waals surface area contributed by atoms with Gasteiger partial charge < -0.3 is 5.32 Å². The number of thiazole rings is 1. The average Bonchev–Trinajstić information content (AvgIpc) is 3.04. The summed E-state index contributed by atoms with van der Waals surface area (Å²) < 4.78 is 1.19. The molecule has 5 heteroatoms. The van der Waals surface area contributed by atoms with E-state index < -0.39 is 0 Å². The summed E-state index contributed by atoms with van der Waals surface area (Å²) >= 11 is 1.69. The summed E-state index contributed by atoms with van der Waals surface area (Å²) in [6.45, 7) is 6.11. The molecule has 0 atom stereocenters. The molecule has 0 radical (unpaired) electrons. The number of rotatable bonds is 8. The first kappa shape index (κ1) is 19.5. The number of carbonyl (C=O) groups is 1. The van der Waals surface area contributed by atoms with Gasteiger partial charge in [0.15, 0.2) is 0 Å². The Balaban J connectivity index is 1.41. The van der Waals surface area contributed by atoms with Crippen LogP contribution in [0.4, 0.5) is 0 Å². The molecule has 27 heavy (non-hydrogen) atoms. The number of amides is 1. The number of nitrogens with one attached hydrogen (secondary N) is 1. The summed E-state index contributed by atoms with van der Waals surface area (Å²) in [5.74, 6) is 0.599. The van der Waals surface area contributed by atoms with E-state index in [4.69, 9.17) is 0 Å². The maximum atomic E-state index is 12.2. The molecule has 3 aromatic rings. The van der Waals surface area contributed by atoms with Gasteiger partial charge in [0.05, 0.1) is 23.3 Å². The molecule has 0 saturated heterocycles. The molecule has 0 unspecified atom stereocenters.